The van der Waals surface area contributed by atoms with Crippen molar-refractivity contribution in [3.63, 3.8) is 0 Å². The first kappa shape index (κ1) is 20.6. The highest BCUT2D eigenvalue weighted by Crippen LogP contribution is 2.32. The van der Waals surface area contributed by atoms with Gasteiger partial charge in [0.25, 0.3) is 0 Å². The van der Waals surface area contributed by atoms with Gasteiger partial charge in [-0.05, 0) is 25.7 Å². The zero-order valence-corrected chi connectivity index (χ0v) is 17.9. The first-order valence-electron chi connectivity index (χ1n) is 10.2. The summed E-state index contributed by atoms with van der Waals surface area (Å²) in [6.07, 6.45) is 1.40. The van der Waals surface area contributed by atoms with Gasteiger partial charge in [0.1, 0.15) is 18.2 Å². The van der Waals surface area contributed by atoms with Crippen molar-refractivity contribution in [3.05, 3.63) is 17.6 Å². The van der Waals surface area contributed by atoms with E-state index in [1.54, 1.807) is 4.90 Å². The molecule has 0 unspecified atom stereocenters. The minimum Gasteiger partial charge on any atom is -0.447 e. The Bertz CT molecular complexity index is 749. The molecule has 0 aromatic carbocycles. The molecule has 0 bridgehead atoms. The van der Waals surface area contributed by atoms with E-state index < -0.39 is 0 Å². The Labute approximate surface area is 167 Å². The fourth-order valence-electron chi connectivity index (χ4n) is 3.95. The average Bonchev–Trinajstić information content (AvgIpc) is 3.02. The van der Waals surface area contributed by atoms with Crippen LogP contribution in [-0.4, -0.2) is 52.6 Å². The standard InChI is InChI=1S/C21H32N4O3/c1-13(2)17-12-28-20(27)25(17)18-11-16(22-14(3)23-18)15-7-9-24(10-8-15)19(26)21(4,5)6/h11,13,15,17H,7-10,12H2,1-6H3/t17-/m0/s1. The number of carbonyl (C=O) groups is 2. The summed E-state index contributed by atoms with van der Waals surface area (Å²) < 4.78 is 5.27. The first-order valence-corrected chi connectivity index (χ1v) is 10.2. The lowest BCUT2D eigenvalue weighted by molar-refractivity contribution is -0.140. The van der Waals surface area contributed by atoms with Crippen molar-refractivity contribution in [2.45, 2.75) is 66.3 Å². The van der Waals surface area contributed by atoms with Gasteiger partial charge in [-0.3, -0.25) is 9.69 Å². The number of ether oxygens (including phenoxy) is 1. The second-order valence-corrected chi connectivity index (χ2v) is 9.27. The van der Waals surface area contributed by atoms with Crippen molar-refractivity contribution < 1.29 is 14.3 Å². The molecule has 2 amide bonds. The minimum atomic E-state index is -0.354. The number of aryl methyl sites for hydroxylation is 1. The van der Waals surface area contributed by atoms with Crippen LogP contribution in [-0.2, 0) is 9.53 Å². The smallest absolute Gasteiger partial charge is 0.415 e. The van der Waals surface area contributed by atoms with E-state index in [0.717, 1.165) is 31.6 Å². The largest absolute Gasteiger partial charge is 0.447 e. The van der Waals surface area contributed by atoms with Crippen molar-refractivity contribution in [2.75, 3.05) is 24.6 Å². The third kappa shape index (κ3) is 4.13. The van der Waals surface area contributed by atoms with E-state index in [2.05, 4.69) is 23.8 Å². The Hall–Kier alpha value is -2.18. The molecule has 7 nitrogen and oxygen atoms in total. The van der Waals surface area contributed by atoms with Gasteiger partial charge in [0, 0.05) is 36.2 Å². The maximum atomic E-state index is 12.5. The Morgan fingerprint density at radius 2 is 1.86 bits per heavy atom. The van der Waals surface area contributed by atoms with E-state index in [1.165, 1.54) is 0 Å². The second-order valence-electron chi connectivity index (χ2n) is 9.27. The predicted molar refractivity (Wildman–Crippen MR) is 107 cm³/mol. The van der Waals surface area contributed by atoms with Crippen LogP contribution in [0.2, 0.25) is 0 Å². The van der Waals surface area contributed by atoms with E-state index in [-0.39, 0.29) is 35.3 Å². The number of piperidine rings is 1. The predicted octanol–water partition coefficient (Wildman–Crippen LogP) is 3.52. The normalized spacial score (nSPS) is 21.4. The molecule has 3 rings (SSSR count). The highest BCUT2D eigenvalue weighted by Gasteiger charge is 2.38. The lowest BCUT2D eigenvalue weighted by Gasteiger charge is -2.35. The van der Waals surface area contributed by atoms with Gasteiger partial charge in [0.2, 0.25) is 5.91 Å². The summed E-state index contributed by atoms with van der Waals surface area (Å²) in [6.45, 7) is 13.8. The zero-order chi connectivity index (χ0) is 20.6. The van der Waals surface area contributed by atoms with Crippen molar-refractivity contribution >= 4 is 17.8 Å². The highest BCUT2D eigenvalue weighted by atomic mass is 16.6. The summed E-state index contributed by atoms with van der Waals surface area (Å²) in [4.78, 5) is 37.6. The molecular formula is C21H32N4O3. The molecule has 0 saturated carbocycles. The SMILES string of the molecule is Cc1nc(C2CCN(C(=O)C(C)(C)C)CC2)cc(N2C(=O)OC[C@H]2C(C)C)n1. The van der Waals surface area contributed by atoms with Crippen molar-refractivity contribution in [1.29, 1.82) is 0 Å². The van der Waals surface area contributed by atoms with Gasteiger partial charge in [-0.15, -0.1) is 0 Å². The molecule has 1 aromatic heterocycles. The number of anilines is 1. The van der Waals surface area contributed by atoms with Crippen LogP contribution in [0.25, 0.3) is 0 Å². The Morgan fingerprint density at radius 1 is 1.21 bits per heavy atom. The molecule has 1 aromatic rings. The number of hydrogen-bond donors (Lipinski definition) is 0. The number of cyclic esters (lactones) is 1. The molecule has 0 spiro atoms. The number of hydrogen-bond acceptors (Lipinski definition) is 5. The second kappa shape index (κ2) is 7.68. The van der Waals surface area contributed by atoms with Gasteiger partial charge >= 0.3 is 6.09 Å². The molecule has 154 valence electrons. The quantitative estimate of drug-likeness (QED) is 0.792. The summed E-state index contributed by atoms with van der Waals surface area (Å²) >= 11 is 0. The summed E-state index contributed by atoms with van der Waals surface area (Å²) in [5.41, 5.74) is 0.598. The van der Waals surface area contributed by atoms with Crippen LogP contribution in [0, 0.1) is 18.3 Å². The van der Waals surface area contributed by atoms with Gasteiger partial charge in [0.05, 0.1) is 6.04 Å². The number of nitrogens with zero attached hydrogens (tertiary/aromatic N) is 4. The number of rotatable bonds is 3. The maximum Gasteiger partial charge on any atom is 0.415 e. The topological polar surface area (TPSA) is 75.6 Å². The lowest BCUT2D eigenvalue weighted by Crippen LogP contribution is -2.43. The van der Waals surface area contributed by atoms with Crippen LogP contribution in [0.1, 0.15) is 64.9 Å². The van der Waals surface area contributed by atoms with Crippen LogP contribution < -0.4 is 4.90 Å². The number of amides is 2. The van der Waals surface area contributed by atoms with Crippen molar-refractivity contribution in [2.24, 2.45) is 11.3 Å². The van der Waals surface area contributed by atoms with Crippen LogP contribution in [0.4, 0.5) is 10.6 Å². The highest BCUT2D eigenvalue weighted by molar-refractivity contribution is 5.89. The fourth-order valence-corrected chi connectivity index (χ4v) is 3.95. The average molecular weight is 389 g/mol. The van der Waals surface area contributed by atoms with E-state index in [4.69, 9.17) is 4.74 Å². The van der Waals surface area contributed by atoms with Gasteiger partial charge in [-0.2, -0.15) is 0 Å². The van der Waals surface area contributed by atoms with Gasteiger partial charge in [0.15, 0.2) is 0 Å². The molecule has 2 fully saturated rings. The van der Waals surface area contributed by atoms with E-state index in [0.29, 0.717) is 18.2 Å². The van der Waals surface area contributed by atoms with Crippen LogP contribution in [0.15, 0.2) is 6.07 Å². The Balaban J connectivity index is 1.78. The molecule has 7 heteroatoms. The molecule has 2 aliphatic rings. The molecule has 2 aliphatic heterocycles. The van der Waals surface area contributed by atoms with Gasteiger partial charge in [-0.25, -0.2) is 14.8 Å². The molecular weight excluding hydrogens is 356 g/mol. The van der Waals surface area contributed by atoms with Crippen molar-refractivity contribution in [3.8, 4) is 0 Å². The molecule has 0 N–H and O–H groups in total. The van der Waals surface area contributed by atoms with Gasteiger partial charge < -0.3 is 9.64 Å². The summed E-state index contributed by atoms with van der Waals surface area (Å²) in [7, 11) is 0. The third-order valence-electron chi connectivity index (χ3n) is 5.61. The number of aromatic nitrogens is 2. The van der Waals surface area contributed by atoms with Crippen molar-refractivity contribution in [1.82, 2.24) is 14.9 Å². The van der Waals surface area contributed by atoms with Crippen LogP contribution >= 0.6 is 0 Å². The molecule has 0 radical (unpaired) electrons. The van der Waals surface area contributed by atoms with E-state index in [9.17, 15) is 9.59 Å². The number of carbonyl (C=O) groups excluding carboxylic acids is 2. The van der Waals surface area contributed by atoms with Crippen LogP contribution in [0.3, 0.4) is 0 Å². The summed E-state index contributed by atoms with van der Waals surface area (Å²) in [6, 6.07) is 1.92. The molecule has 28 heavy (non-hydrogen) atoms. The number of likely N-dealkylation sites (tertiary alicyclic amines) is 1. The molecule has 1 atom stereocenters. The zero-order valence-electron chi connectivity index (χ0n) is 17.9. The van der Waals surface area contributed by atoms with E-state index in [1.807, 2.05) is 38.7 Å². The third-order valence-corrected chi connectivity index (χ3v) is 5.61. The fraction of sp³-hybridized carbons (Fsp3) is 0.714. The summed E-state index contributed by atoms with van der Waals surface area (Å²) in [5.74, 6) is 2.02. The Morgan fingerprint density at radius 3 is 2.43 bits per heavy atom. The summed E-state index contributed by atoms with van der Waals surface area (Å²) in [5, 5.41) is 0. The minimum absolute atomic E-state index is 0.0131. The molecule has 2 saturated heterocycles. The lowest BCUT2D eigenvalue weighted by atomic mass is 9.89. The van der Waals surface area contributed by atoms with Crippen LogP contribution in [0.5, 0.6) is 0 Å². The molecule has 3 heterocycles. The Kier molecular flexibility index (Phi) is 5.64. The maximum absolute atomic E-state index is 12.5. The monoisotopic (exact) mass is 388 g/mol. The first-order chi connectivity index (χ1) is 13.1. The van der Waals surface area contributed by atoms with E-state index >= 15 is 0 Å². The molecule has 0 aliphatic carbocycles. The van der Waals surface area contributed by atoms with Gasteiger partial charge in [-0.1, -0.05) is 34.6 Å².